The molecular formula is C22H18FNO3. The van der Waals surface area contributed by atoms with Crippen LogP contribution in [-0.2, 0) is 11.3 Å². The summed E-state index contributed by atoms with van der Waals surface area (Å²) in [6.07, 6.45) is 1.73. The third-order valence-electron chi connectivity index (χ3n) is 3.85. The number of aliphatic imine (C=N–C) groups is 1. The van der Waals surface area contributed by atoms with Crippen molar-refractivity contribution in [3.63, 3.8) is 0 Å². The molecule has 3 rings (SSSR count). The van der Waals surface area contributed by atoms with E-state index in [1.807, 2.05) is 24.3 Å². The van der Waals surface area contributed by atoms with Crippen molar-refractivity contribution >= 4 is 17.9 Å². The summed E-state index contributed by atoms with van der Waals surface area (Å²) in [5, 5.41) is 0. The van der Waals surface area contributed by atoms with Crippen molar-refractivity contribution in [3.8, 4) is 5.75 Å². The van der Waals surface area contributed by atoms with Crippen molar-refractivity contribution in [2.24, 2.45) is 4.99 Å². The first kappa shape index (κ1) is 18.3. The summed E-state index contributed by atoms with van der Waals surface area (Å²) in [6.45, 7) is 0.375. The van der Waals surface area contributed by atoms with Crippen LogP contribution >= 0.6 is 0 Å². The lowest BCUT2D eigenvalue weighted by Crippen LogP contribution is -1.99. The zero-order chi connectivity index (χ0) is 19.1. The van der Waals surface area contributed by atoms with Crippen molar-refractivity contribution in [3.05, 3.63) is 95.3 Å². The van der Waals surface area contributed by atoms with Gasteiger partial charge in [0.1, 0.15) is 18.2 Å². The summed E-state index contributed by atoms with van der Waals surface area (Å²) in [5.41, 5.74) is 3.04. The van der Waals surface area contributed by atoms with Crippen LogP contribution in [0.3, 0.4) is 0 Å². The minimum atomic E-state index is -0.373. The lowest BCUT2D eigenvalue weighted by Gasteiger charge is -2.06. The molecule has 0 aliphatic heterocycles. The van der Waals surface area contributed by atoms with E-state index in [1.165, 1.54) is 19.2 Å². The van der Waals surface area contributed by atoms with Gasteiger partial charge in [-0.1, -0.05) is 12.1 Å². The Morgan fingerprint density at radius 3 is 2.26 bits per heavy atom. The molecule has 0 N–H and O–H groups in total. The molecular weight excluding hydrogens is 345 g/mol. The minimum absolute atomic E-state index is 0.262. The highest BCUT2D eigenvalue weighted by molar-refractivity contribution is 5.90. The number of methoxy groups -OCH3 is 1. The Hall–Kier alpha value is -3.47. The number of carbonyl (C=O) groups excluding carboxylic acids is 1. The summed E-state index contributed by atoms with van der Waals surface area (Å²) >= 11 is 0. The van der Waals surface area contributed by atoms with Crippen molar-refractivity contribution in [2.45, 2.75) is 6.61 Å². The first-order valence-electron chi connectivity index (χ1n) is 8.34. The number of halogens is 1. The molecule has 0 saturated heterocycles. The third kappa shape index (κ3) is 5.25. The van der Waals surface area contributed by atoms with E-state index in [0.717, 1.165) is 22.6 Å². The number of rotatable bonds is 6. The van der Waals surface area contributed by atoms with E-state index in [-0.39, 0.29) is 11.8 Å². The zero-order valence-electron chi connectivity index (χ0n) is 14.8. The average Bonchev–Trinajstić information content (AvgIpc) is 2.72. The Morgan fingerprint density at radius 2 is 1.63 bits per heavy atom. The topological polar surface area (TPSA) is 47.9 Å². The number of esters is 1. The van der Waals surface area contributed by atoms with Crippen LogP contribution in [0, 0.1) is 5.82 Å². The van der Waals surface area contributed by atoms with Gasteiger partial charge in [0.05, 0.1) is 18.4 Å². The van der Waals surface area contributed by atoms with E-state index in [4.69, 9.17) is 4.74 Å². The first-order chi connectivity index (χ1) is 13.1. The average molecular weight is 363 g/mol. The highest BCUT2D eigenvalue weighted by atomic mass is 19.1. The van der Waals surface area contributed by atoms with Crippen LogP contribution in [0.15, 0.2) is 77.8 Å². The highest BCUT2D eigenvalue weighted by Crippen LogP contribution is 2.16. The maximum absolute atomic E-state index is 12.9. The second kappa shape index (κ2) is 8.76. The SMILES string of the molecule is COC(=O)c1ccc(N=Cc2ccc(OCc3ccc(F)cc3)cc2)cc1. The van der Waals surface area contributed by atoms with E-state index in [9.17, 15) is 9.18 Å². The van der Waals surface area contributed by atoms with E-state index < -0.39 is 0 Å². The molecule has 27 heavy (non-hydrogen) atoms. The quantitative estimate of drug-likeness (QED) is 0.460. The van der Waals surface area contributed by atoms with Crippen LogP contribution in [-0.4, -0.2) is 19.3 Å². The Bertz CT molecular complexity index is 917. The van der Waals surface area contributed by atoms with E-state index in [0.29, 0.717) is 12.2 Å². The fraction of sp³-hybridized carbons (Fsp3) is 0.0909. The number of benzene rings is 3. The van der Waals surface area contributed by atoms with Gasteiger partial charge in [0.2, 0.25) is 0 Å². The molecule has 5 heteroatoms. The maximum atomic E-state index is 12.9. The number of carbonyl (C=O) groups is 1. The first-order valence-corrected chi connectivity index (χ1v) is 8.34. The van der Waals surface area contributed by atoms with E-state index in [1.54, 1.807) is 42.6 Å². The fourth-order valence-electron chi connectivity index (χ4n) is 2.35. The Kier molecular flexibility index (Phi) is 5.94. The monoisotopic (exact) mass is 363 g/mol. The summed E-state index contributed by atoms with van der Waals surface area (Å²) in [4.78, 5) is 15.8. The van der Waals surface area contributed by atoms with Crippen molar-refractivity contribution in [2.75, 3.05) is 7.11 Å². The summed E-state index contributed by atoms with van der Waals surface area (Å²) < 4.78 is 23.2. The molecule has 0 saturated carbocycles. The van der Waals surface area contributed by atoms with Crippen LogP contribution in [0.1, 0.15) is 21.5 Å². The molecule has 3 aromatic rings. The van der Waals surface area contributed by atoms with Gasteiger partial charge >= 0.3 is 5.97 Å². The van der Waals surface area contributed by atoms with Crippen LogP contribution in [0.4, 0.5) is 10.1 Å². The van der Waals surface area contributed by atoms with Crippen LogP contribution < -0.4 is 4.74 Å². The highest BCUT2D eigenvalue weighted by Gasteiger charge is 2.03. The standard InChI is InChI=1S/C22H18FNO3/c1-26-22(25)18-6-10-20(11-7-18)24-14-16-4-12-21(13-5-16)27-15-17-2-8-19(23)9-3-17/h2-14H,15H2,1H3. The van der Waals surface area contributed by atoms with E-state index >= 15 is 0 Å². The second-order valence-electron chi connectivity index (χ2n) is 5.78. The molecule has 0 bridgehead atoms. The fourth-order valence-corrected chi connectivity index (χ4v) is 2.35. The molecule has 0 aromatic heterocycles. The molecule has 0 amide bonds. The van der Waals surface area contributed by atoms with Crippen molar-refractivity contribution in [1.82, 2.24) is 0 Å². The molecule has 136 valence electrons. The molecule has 3 aromatic carbocycles. The lowest BCUT2D eigenvalue weighted by molar-refractivity contribution is 0.0601. The summed E-state index contributed by atoms with van der Waals surface area (Å²) in [6, 6.07) is 20.6. The molecule has 0 aliphatic rings. The second-order valence-corrected chi connectivity index (χ2v) is 5.78. The number of ether oxygens (including phenoxy) is 2. The van der Waals surface area contributed by atoms with Crippen LogP contribution in [0.5, 0.6) is 5.75 Å². The molecule has 0 spiro atoms. The third-order valence-corrected chi connectivity index (χ3v) is 3.85. The van der Waals surface area contributed by atoms with Gasteiger partial charge in [0, 0.05) is 6.21 Å². The zero-order valence-corrected chi connectivity index (χ0v) is 14.8. The van der Waals surface area contributed by atoms with Crippen LogP contribution in [0.25, 0.3) is 0 Å². The predicted octanol–water partition coefficient (Wildman–Crippen LogP) is 4.94. The van der Waals surface area contributed by atoms with Crippen LogP contribution in [0.2, 0.25) is 0 Å². The number of hydrogen-bond acceptors (Lipinski definition) is 4. The summed E-state index contributed by atoms with van der Waals surface area (Å²) in [7, 11) is 1.35. The van der Waals surface area contributed by atoms with Gasteiger partial charge in [-0.25, -0.2) is 9.18 Å². The molecule has 4 nitrogen and oxygen atoms in total. The number of hydrogen-bond donors (Lipinski definition) is 0. The van der Waals surface area contributed by atoms with Gasteiger partial charge in [-0.3, -0.25) is 4.99 Å². The van der Waals surface area contributed by atoms with Gasteiger partial charge in [0.25, 0.3) is 0 Å². The number of nitrogens with zero attached hydrogens (tertiary/aromatic N) is 1. The molecule has 0 radical (unpaired) electrons. The smallest absolute Gasteiger partial charge is 0.337 e. The maximum Gasteiger partial charge on any atom is 0.337 e. The van der Waals surface area contributed by atoms with Gasteiger partial charge in [0.15, 0.2) is 0 Å². The van der Waals surface area contributed by atoms with Gasteiger partial charge in [-0.05, 0) is 71.8 Å². The Balaban J connectivity index is 1.57. The van der Waals surface area contributed by atoms with E-state index in [2.05, 4.69) is 9.73 Å². The molecule has 0 aliphatic carbocycles. The van der Waals surface area contributed by atoms with Crippen molar-refractivity contribution in [1.29, 1.82) is 0 Å². The minimum Gasteiger partial charge on any atom is -0.489 e. The molecule has 0 heterocycles. The molecule has 0 atom stereocenters. The van der Waals surface area contributed by atoms with Gasteiger partial charge < -0.3 is 9.47 Å². The predicted molar refractivity (Wildman–Crippen MR) is 102 cm³/mol. The van der Waals surface area contributed by atoms with Gasteiger partial charge in [-0.15, -0.1) is 0 Å². The van der Waals surface area contributed by atoms with Crippen molar-refractivity contribution < 1.29 is 18.7 Å². The Morgan fingerprint density at radius 1 is 0.963 bits per heavy atom. The molecule has 0 fully saturated rings. The molecule has 0 unspecified atom stereocenters. The summed E-state index contributed by atoms with van der Waals surface area (Å²) in [5.74, 6) is 0.0861. The van der Waals surface area contributed by atoms with Gasteiger partial charge in [-0.2, -0.15) is 0 Å². The lowest BCUT2D eigenvalue weighted by atomic mass is 10.2. The normalized spacial score (nSPS) is 10.7. The largest absolute Gasteiger partial charge is 0.489 e. The Labute approximate surface area is 156 Å².